The van der Waals surface area contributed by atoms with Gasteiger partial charge in [-0.1, -0.05) is 11.6 Å². The zero-order valence-corrected chi connectivity index (χ0v) is 12.5. The van der Waals surface area contributed by atoms with Crippen molar-refractivity contribution in [1.82, 2.24) is 15.6 Å². The van der Waals surface area contributed by atoms with Gasteiger partial charge < -0.3 is 14.5 Å². The molecule has 2 aromatic heterocycles. The number of pyridine rings is 1. The maximum Gasteiger partial charge on any atom is 0.357 e. The van der Waals surface area contributed by atoms with Gasteiger partial charge in [0.15, 0.2) is 6.61 Å². The number of aromatic nitrogens is 1. The Morgan fingerprint density at radius 3 is 2.83 bits per heavy atom. The Kier molecular flexibility index (Phi) is 5.70. The van der Waals surface area contributed by atoms with E-state index < -0.39 is 24.5 Å². The monoisotopic (exact) mass is 337 g/mol. The number of esters is 1. The molecule has 0 bridgehead atoms. The van der Waals surface area contributed by atoms with Gasteiger partial charge in [0, 0.05) is 11.2 Å². The molecule has 0 fully saturated rings. The fourth-order valence-electron chi connectivity index (χ4n) is 1.51. The Morgan fingerprint density at radius 1 is 1.30 bits per heavy atom. The number of hydrogen-bond acceptors (Lipinski definition) is 6. The summed E-state index contributed by atoms with van der Waals surface area (Å²) in [6, 6.07) is 5.40. The molecule has 8 nitrogen and oxygen atoms in total. The number of rotatable bonds is 5. The average molecular weight is 338 g/mol. The van der Waals surface area contributed by atoms with Crippen molar-refractivity contribution in [3.63, 3.8) is 0 Å². The molecule has 0 saturated heterocycles. The van der Waals surface area contributed by atoms with E-state index in [1.54, 1.807) is 12.1 Å². The van der Waals surface area contributed by atoms with Crippen LogP contribution in [0.3, 0.4) is 0 Å². The molecule has 0 aromatic carbocycles. The molecule has 0 aliphatic heterocycles. The molecule has 120 valence electrons. The predicted octanol–water partition coefficient (Wildman–Crippen LogP) is 1.51. The highest BCUT2D eigenvalue weighted by Gasteiger charge is 2.13. The minimum Gasteiger partial charge on any atom is -0.467 e. The summed E-state index contributed by atoms with van der Waals surface area (Å²) < 4.78 is 9.74. The predicted molar refractivity (Wildman–Crippen MR) is 78.6 cm³/mol. The number of carbonyl (C=O) groups excluding carboxylic acids is 3. The van der Waals surface area contributed by atoms with Crippen LogP contribution < -0.4 is 10.6 Å². The molecule has 9 heteroatoms. The van der Waals surface area contributed by atoms with E-state index >= 15 is 0 Å². The lowest BCUT2D eigenvalue weighted by Gasteiger charge is -2.06. The first-order chi connectivity index (χ1) is 11.0. The second-order valence-electron chi connectivity index (χ2n) is 4.25. The quantitative estimate of drug-likeness (QED) is 0.800. The topological polar surface area (TPSA) is 111 Å². The van der Waals surface area contributed by atoms with Crippen LogP contribution in [0.5, 0.6) is 0 Å². The fraction of sp³-hybridized carbons (Fsp3) is 0.143. The summed E-state index contributed by atoms with van der Waals surface area (Å²) in [5, 5.41) is 4.73. The largest absolute Gasteiger partial charge is 0.467 e. The first-order valence-corrected chi connectivity index (χ1v) is 6.81. The van der Waals surface area contributed by atoms with Crippen molar-refractivity contribution >= 4 is 29.5 Å². The summed E-state index contributed by atoms with van der Waals surface area (Å²) in [6.07, 6.45) is 2.80. The second-order valence-corrected chi connectivity index (χ2v) is 4.68. The third-order valence-electron chi connectivity index (χ3n) is 2.52. The van der Waals surface area contributed by atoms with E-state index in [1.807, 2.05) is 5.32 Å². The summed E-state index contributed by atoms with van der Waals surface area (Å²) in [6.45, 7) is -0.500. The molecule has 0 spiro atoms. The van der Waals surface area contributed by atoms with Crippen molar-refractivity contribution in [2.75, 3.05) is 6.61 Å². The van der Waals surface area contributed by atoms with Gasteiger partial charge in [-0.05, 0) is 24.3 Å². The molecular formula is C14H12ClN3O5. The molecule has 0 aliphatic rings. The summed E-state index contributed by atoms with van der Waals surface area (Å²) in [7, 11) is 0. The second kappa shape index (κ2) is 7.95. The number of furan rings is 1. The van der Waals surface area contributed by atoms with Gasteiger partial charge in [-0.25, -0.2) is 14.6 Å². The lowest BCUT2D eigenvalue weighted by molar-refractivity contribution is -0.123. The Morgan fingerprint density at radius 2 is 2.13 bits per heavy atom. The van der Waals surface area contributed by atoms with Crippen molar-refractivity contribution in [1.29, 1.82) is 0 Å². The highest BCUT2D eigenvalue weighted by atomic mass is 35.5. The number of ether oxygens (including phenoxy) is 1. The number of urea groups is 1. The summed E-state index contributed by atoms with van der Waals surface area (Å²) in [5.41, 5.74) is -0.0347. The zero-order chi connectivity index (χ0) is 16.7. The summed E-state index contributed by atoms with van der Waals surface area (Å²) >= 11 is 5.71. The third kappa shape index (κ3) is 5.44. The summed E-state index contributed by atoms with van der Waals surface area (Å²) in [4.78, 5) is 38.3. The highest BCUT2D eigenvalue weighted by molar-refractivity contribution is 6.30. The fourth-order valence-corrected chi connectivity index (χ4v) is 1.67. The molecule has 2 N–H and O–H groups in total. The normalized spacial score (nSPS) is 9.96. The Hall–Kier alpha value is -2.87. The van der Waals surface area contributed by atoms with E-state index in [-0.39, 0.29) is 12.2 Å². The smallest absolute Gasteiger partial charge is 0.357 e. The van der Waals surface area contributed by atoms with Gasteiger partial charge in [-0.3, -0.25) is 10.1 Å². The van der Waals surface area contributed by atoms with Crippen molar-refractivity contribution < 1.29 is 23.5 Å². The van der Waals surface area contributed by atoms with E-state index in [1.165, 1.54) is 24.6 Å². The van der Waals surface area contributed by atoms with E-state index in [9.17, 15) is 14.4 Å². The van der Waals surface area contributed by atoms with Crippen molar-refractivity contribution in [2.45, 2.75) is 6.54 Å². The lowest BCUT2D eigenvalue weighted by Crippen LogP contribution is -2.41. The van der Waals surface area contributed by atoms with Crippen molar-refractivity contribution in [2.24, 2.45) is 0 Å². The maximum absolute atomic E-state index is 11.6. The van der Waals surface area contributed by atoms with Crippen LogP contribution in [0.25, 0.3) is 0 Å². The van der Waals surface area contributed by atoms with Crippen LogP contribution in [0, 0.1) is 0 Å². The van der Waals surface area contributed by atoms with Gasteiger partial charge in [-0.15, -0.1) is 0 Å². The van der Waals surface area contributed by atoms with Crippen LogP contribution >= 0.6 is 11.6 Å². The molecule has 0 unspecified atom stereocenters. The van der Waals surface area contributed by atoms with Crippen LogP contribution in [0.15, 0.2) is 41.1 Å². The first kappa shape index (κ1) is 16.5. The number of nitrogens with zero attached hydrogens (tertiary/aromatic N) is 1. The molecule has 2 heterocycles. The minimum absolute atomic E-state index is 0.0347. The van der Waals surface area contributed by atoms with E-state index in [0.29, 0.717) is 10.8 Å². The number of carbonyl (C=O) groups is 3. The van der Waals surface area contributed by atoms with E-state index in [0.717, 1.165) is 0 Å². The van der Waals surface area contributed by atoms with E-state index in [4.69, 9.17) is 20.8 Å². The van der Waals surface area contributed by atoms with Gasteiger partial charge >= 0.3 is 12.0 Å². The van der Waals surface area contributed by atoms with Crippen LogP contribution in [0.2, 0.25) is 5.02 Å². The van der Waals surface area contributed by atoms with Gasteiger partial charge in [0.05, 0.1) is 12.8 Å². The van der Waals surface area contributed by atoms with Gasteiger partial charge in [-0.2, -0.15) is 0 Å². The average Bonchev–Trinajstić information content (AvgIpc) is 3.04. The molecule has 2 aromatic rings. The number of halogens is 1. The number of nitrogens with one attached hydrogen (secondary N) is 2. The lowest BCUT2D eigenvalue weighted by atomic mass is 10.3. The van der Waals surface area contributed by atoms with Crippen molar-refractivity contribution in [3.05, 3.63) is 53.2 Å². The SMILES string of the molecule is O=C(COC(=O)c1cc(Cl)ccn1)NC(=O)NCc1ccco1. The summed E-state index contributed by atoms with van der Waals surface area (Å²) in [5.74, 6) is -1.07. The molecule has 3 amide bonds. The first-order valence-electron chi connectivity index (χ1n) is 6.43. The molecule has 0 radical (unpaired) electrons. The zero-order valence-electron chi connectivity index (χ0n) is 11.7. The molecule has 0 atom stereocenters. The van der Waals surface area contributed by atoms with Crippen molar-refractivity contribution in [3.8, 4) is 0 Å². The standard InChI is InChI=1S/C14H12ClN3O5/c15-9-3-4-16-11(6-9)13(20)23-8-12(19)18-14(21)17-7-10-2-1-5-22-10/h1-6H,7-8H2,(H2,17,18,19,21). The molecule has 23 heavy (non-hydrogen) atoms. The molecule has 0 aliphatic carbocycles. The van der Waals surface area contributed by atoms with Crippen LogP contribution in [0.4, 0.5) is 4.79 Å². The minimum atomic E-state index is -0.821. The molecule has 0 saturated carbocycles. The van der Waals surface area contributed by atoms with Crippen LogP contribution in [0.1, 0.15) is 16.2 Å². The van der Waals surface area contributed by atoms with Gasteiger partial charge in [0.2, 0.25) is 0 Å². The highest BCUT2D eigenvalue weighted by Crippen LogP contribution is 2.08. The number of hydrogen-bond donors (Lipinski definition) is 2. The third-order valence-corrected chi connectivity index (χ3v) is 2.76. The molecule has 2 rings (SSSR count). The van der Waals surface area contributed by atoms with Crippen LogP contribution in [-0.2, 0) is 16.1 Å². The Balaban J connectivity index is 1.72. The molecular weight excluding hydrogens is 326 g/mol. The number of imide groups is 1. The van der Waals surface area contributed by atoms with Gasteiger partial charge in [0.25, 0.3) is 5.91 Å². The maximum atomic E-state index is 11.6. The Bertz CT molecular complexity index is 702. The van der Waals surface area contributed by atoms with E-state index in [2.05, 4.69) is 10.3 Å². The Labute approximate surface area is 135 Å². The van der Waals surface area contributed by atoms with Gasteiger partial charge in [0.1, 0.15) is 11.5 Å². The van der Waals surface area contributed by atoms with Crippen LogP contribution in [-0.4, -0.2) is 29.5 Å². The number of amides is 3.